The summed E-state index contributed by atoms with van der Waals surface area (Å²) in [6.45, 7) is 1.77. The number of aliphatic hydroxyl groups excluding tert-OH is 1. The minimum atomic E-state index is -5.02. The van der Waals surface area contributed by atoms with Crippen LogP contribution in [0.3, 0.4) is 0 Å². The zero-order valence-corrected chi connectivity index (χ0v) is 50.6. The molecule has 7 aromatic carbocycles. The molecular formula is C71H78F12N4O8. The van der Waals surface area contributed by atoms with Gasteiger partial charge in [0.1, 0.15) is 13.2 Å². The summed E-state index contributed by atoms with van der Waals surface area (Å²) in [6, 6.07) is 47.7. The summed E-state index contributed by atoms with van der Waals surface area (Å²) in [4.78, 5) is 30.5. The Balaban J connectivity index is 0.000000298. The van der Waals surface area contributed by atoms with Crippen molar-refractivity contribution in [1.29, 1.82) is 0 Å². The van der Waals surface area contributed by atoms with E-state index in [1.165, 1.54) is 23.6 Å². The number of alkyl halides is 12. The normalized spacial score (nSPS) is 20.6. The molecule has 2 aliphatic heterocycles. The zero-order valence-electron chi connectivity index (χ0n) is 50.6. The highest BCUT2D eigenvalue weighted by Gasteiger charge is 2.53. The summed E-state index contributed by atoms with van der Waals surface area (Å²) in [5.41, 5.74) is 5.76. The van der Waals surface area contributed by atoms with Gasteiger partial charge in [0.25, 0.3) is 0 Å². The Morgan fingerprint density at radius 3 is 1.05 bits per heavy atom. The lowest BCUT2D eigenvalue weighted by Gasteiger charge is -2.52. The van der Waals surface area contributed by atoms with Gasteiger partial charge >= 0.3 is 36.9 Å². The molecule has 0 unspecified atom stereocenters. The van der Waals surface area contributed by atoms with Crippen molar-refractivity contribution in [3.05, 3.63) is 249 Å². The Bertz CT molecular complexity index is 3490. The van der Waals surface area contributed by atoms with E-state index < -0.39 is 100 Å². The number of hydrogen-bond donors (Lipinski definition) is 3. The Hall–Kier alpha value is -8.00. The summed E-state index contributed by atoms with van der Waals surface area (Å²) < 4.78 is 193. The van der Waals surface area contributed by atoms with Crippen LogP contribution in [0.4, 0.5) is 62.3 Å². The smallest absolute Gasteiger partial charge is 0.416 e. The number of aliphatic hydroxyl groups is 1. The second kappa shape index (κ2) is 31.7. The fourth-order valence-electron chi connectivity index (χ4n) is 11.2. The van der Waals surface area contributed by atoms with E-state index >= 15 is 0 Å². The lowest BCUT2D eigenvalue weighted by Crippen LogP contribution is -2.66. The Morgan fingerprint density at radius 1 is 0.442 bits per heavy atom. The highest BCUT2D eigenvalue weighted by atomic mass is 19.4. The molecule has 2 fully saturated rings. The van der Waals surface area contributed by atoms with Crippen molar-refractivity contribution in [2.75, 3.05) is 39.5 Å². The van der Waals surface area contributed by atoms with Crippen molar-refractivity contribution in [3.63, 3.8) is 0 Å². The maximum Gasteiger partial charge on any atom is 0.416 e. The van der Waals surface area contributed by atoms with E-state index in [0.717, 1.165) is 11.1 Å². The quantitative estimate of drug-likeness (QED) is 0.0665. The molecule has 0 saturated carbocycles. The largest absolute Gasteiger partial charge is 0.445 e. The lowest BCUT2D eigenvalue weighted by atomic mass is 9.75. The van der Waals surface area contributed by atoms with Gasteiger partial charge in [-0.05, 0) is 115 Å². The van der Waals surface area contributed by atoms with Gasteiger partial charge in [0, 0.05) is 13.1 Å². The molecule has 0 bridgehead atoms. The second-order valence-corrected chi connectivity index (χ2v) is 23.5. The van der Waals surface area contributed by atoms with Gasteiger partial charge < -0.3 is 40.3 Å². The molecule has 0 aliphatic carbocycles. The van der Waals surface area contributed by atoms with Crippen LogP contribution in [0.25, 0.3) is 0 Å². The minimum Gasteiger partial charge on any atom is -0.445 e. The molecule has 95 heavy (non-hydrogen) atoms. The summed E-state index contributed by atoms with van der Waals surface area (Å²) in [5.74, 6) is 0. The number of likely N-dealkylation sites (tertiary alicyclic amines) is 2. The number of benzene rings is 7. The minimum absolute atomic E-state index is 0. The van der Waals surface area contributed by atoms with Gasteiger partial charge in [-0.25, -0.2) is 9.59 Å². The van der Waals surface area contributed by atoms with Crippen LogP contribution in [0.1, 0.15) is 128 Å². The van der Waals surface area contributed by atoms with Crippen LogP contribution in [0.15, 0.2) is 188 Å². The van der Waals surface area contributed by atoms with Crippen LogP contribution < -0.4 is 11.5 Å². The number of carbonyl (C=O) groups is 2. The van der Waals surface area contributed by atoms with Crippen molar-refractivity contribution >= 4 is 12.2 Å². The first-order valence-corrected chi connectivity index (χ1v) is 29.6. The van der Waals surface area contributed by atoms with Crippen molar-refractivity contribution in [1.82, 2.24) is 9.80 Å². The molecule has 2 heterocycles. The van der Waals surface area contributed by atoms with Crippen LogP contribution in [-0.4, -0.2) is 77.7 Å². The molecule has 6 atom stereocenters. The van der Waals surface area contributed by atoms with Crippen LogP contribution in [0.2, 0.25) is 0 Å². The average molecular weight is 1340 g/mol. The Labute approximate surface area is 544 Å². The van der Waals surface area contributed by atoms with E-state index in [-0.39, 0.29) is 103 Å². The third-order valence-corrected chi connectivity index (χ3v) is 16.6. The van der Waals surface area contributed by atoms with Crippen LogP contribution in [0, 0.1) is 0 Å². The molecular weight excluding hydrogens is 1260 g/mol. The van der Waals surface area contributed by atoms with Crippen LogP contribution in [-0.2, 0) is 79.3 Å². The Morgan fingerprint density at radius 2 is 0.737 bits per heavy atom. The first-order valence-electron chi connectivity index (χ1n) is 29.6. The van der Waals surface area contributed by atoms with Crippen LogP contribution in [0.5, 0.6) is 0 Å². The number of nitrogens with zero attached hydrogens (tertiary/aromatic N) is 2. The second-order valence-electron chi connectivity index (χ2n) is 23.5. The number of piperidine rings is 2. The van der Waals surface area contributed by atoms with Crippen molar-refractivity contribution in [3.8, 4) is 0 Å². The molecule has 2 saturated heterocycles. The third kappa shape index (κ3) is 19.6. The lowest BCUT2D eigenvalue weighted by molar-refractivity contribution is -0.145. The molecule has 514 valence electrons. The molecule has 12 nitrogen and oxygen atoms in total. The van der Waals surface area contributed by atoms with E-state index in [0.29, 0.717) is 54.0 Å². The molecule has 0 spiro atoms. The molecule has 2 amide bonds. The number of halogens is 12. The predicted octanol–water partition coefficient (Wildman–Crippen LogP) is 17.1. The van der Waals surface area contributed by atoms with Gasteiger partial charge in [0.2, 0.25) is 0 Å². The highest BCUT2D eigenvalue weighted by molar-refractivity contribution is 5.71. The van der Waals surface area contributed by atoms with Crippen LogP contribution >= 0.6 is 0 Å². The molecule has 9 rings (SSSR count). The standard InChI is InChI=1S/C38H38F6N2O4.C31H32F6N2O4.2CH4/c1-27(30-19-32(37(39,40)41)21-33(20-30)38(42,43)44)50-26-36(31-15-9-4-10-16-31)18-17-35(45,25-48-22-28-11-5-2-6-12-28)24-46(36)34(47)49-23-29-13-7-3-8-14-29;1-21(23-14-25(30(32,33)34)16-26(15-23)31(35,36)37)43-20-29(24-10-6-3-7-11-24)13-12-28(38,19-40)18-39(29)27(41)42-17-22-8-4-2-5-9-22;;/h2-16,19-21,27H,17-18,22-26,45H2,1H3;2-11,14-16,21,40H,12-13,17-20,38H2,1H3;2*1H4/t27-,35+,36-;21-,28+,29-;;/m11../s1. The fraction of sp³-hybridized carbons (Fsp3) is 0.380. The number of ether oxygens (including phenoxy) is 5. The van der Waals surface area contributed by atoms with Gasteiger partial charge in [-0.15, -0.1) is 0 Å². The highest BCUT2D eigenvalue weighted by Crippen LogP contribution is 2.46. The number of nitrogens with two attached hydrogens (primary N) is 2. The van der Waals surface area contributed by atoms with Crippen molar-refractivity contribution in [2.24, 2.45) is 11.5 Å². The maximum atomic E-state index is 14.1. The fourth-order valence-corrected chi connectivity index (χ4v) is 11.2. The van der Waals surface area contributed by atoms with Gasteiger partial charge in [0.05, 0.1) is 89.7 Å². The molecule has 7 aromatic rings. The van der Waals surface area contributed by atoms with Gasteiger partial charge in [-0.3, -0.25) is 9.80 Å². The molecule has 24 heteroatoms. The zero-order chi connectivity index (χ0) is 67.5. The first-order chi connectivity index (χ1) is 43.9. The van der Waals surface area contributed by atoms with E-state index in [9.17, 15) is 67.4 Å². The number of hydrogen-bond acceptors (Lipinski definition) is 10. The van der Waals surface area contributed by atoms with E-state index in [2.05, 4.69) is 0 Å². The van der Waals surface area contributed by atoms with E-state index in [1.807, 2.05) is 36.4 Å². The SMILES string of the molecule is C.C.C[C@@H](OC[C@@]1(c2ccccc2)CC[C@@](N)(CO)CN1C(=O)OCc1ccccc1)c1cc(C(F)(F)F)cc(C(F)(F)F)c1.C[C@@H](OC[C@@]1(c2ccccc2)CC[C@@](N)(COCc2ccccc2)CN1C(=O)OCc1ccccc1)c1cc(C(F)(F)F)cc(C(F)(F)F)c1. The molecule has 5 N–H and O–H groups in total. The monoisotopic (exact) mass is 1340 g/mol. The maximum absolute atomic E-state index is 14.1. The van der Waals surface area contributed by atoms with E-state index in [4.69, 9.17) is 35.2 Å². The molecule has 0 aromatic heterocycles. The summed E-state index contributed by atoms with van der Waals surface area (Å²) in [6.07, 6.45) is -23.0. The Kier molecular flexibility index (Phi) is 25.4. The third-order valence-electron chi connectivity index (χ3n) is 16.6. The van der Waals surface area contributed by atoms with E-state index in [1.54, 1.807) is 115 Å². The summed E-state index contributed by atoms with van der Waals surface area (Å²) >= 11 is 0. The summed E-state index contributed by atoms with van der Waals surface area (Å²) in [5, 5.41) is 10.0. The van der Waals surface area contributed by atoms with Gasteiger partial charge in [-0.1, -0.05) is 167 Å². The van der Waals surface area contributed by atoms with Gasteiger partial charge in [0.15, 0.2) is 0 Å². The predicted molar refractivity (Wildman–Crippen MR) is 333 cm³/mol. The molecule has 2 aliphatic rings. The number of rotatable bonds is 19. The number of carbonyl (C=O) groups excluding carboxylic acids is 2. The summed E-state index contributed by atoms with van der Waals surface area (Å²) in [7, 11) is 0. The topological polar surface area (TPSA) is 159 Å². The average Bonchev–Trinajstić information content (AvgIpc) is 0.756. The van der Waals surface area contributed by atoms with Crippen molar-refractivity contribution < 1.29 is 91.1 Å². The van der Waals surface area contributed by atoms with Gasteiger partial charge in [-0.2, -0.15) is 52.7 Å². The number of amides is 2. The molecule has 0 radical (unpaired) electrons. The first kappa shape index (κ1) is 76.0. The van der Waals surface area contributed by atoms with Crippen molar-refractivity contribution in [2.45, 2.75) is 133 Å².